The topological polar surface area (TPSA) is 106 Å². The zero-order valence-corrected chi connectivity index (χ0v) is 46.1. The van der Waals surface area contributed by atoms with Gasteiger partial charge in [0, 0.05) is 37.9 Å². The predicted molar refractivity (Wildman–Crippen MR) is 288 cm³/mol. The van der Waals surface area contributed by atoms with E-state index in [-0.39, 0.29) is 24.5 Å². The fourth-order valence-electron chi connectivity index (χ4n) is 9.64. The van der Waals surface area contributed by atoms with Crippen molar-refractivity contribution in [1.82, 2.24) is 9.80 Å². The first-order valence-electron chi connectivity index (χ1n) is 29.9. The molecule has 0 aliphatic heterocycles. The highest BCUT2D eigenvalue weighted by molar-refractivity contribution is 5.69. The number of esters is 3. The highest BCUT2D eigenvalue weighted by Crippen LogP contribution is 2.26. The largest absolute Gasteiger partial charge is 0.466 e. The molecule has 0 aromatic heterocycles. The molecule has 1 N–H and O–H groups in total. The summed E-state index contributed by atoms with van der Waals surface area (Å²) >= 11 is 0. The summed E-state index contributed by atoms with van der Waals surface area (Å²) in [5, 5.41) is 10.1. The number of aliphatic hydroxyl groups is 1. The van der Waals surface area contributed by atoms with Crippen LogP contribution in [-0.4, -0.2) is 97.5 Å². The standard InChI is InChI=1S/C59H116N2O7/c1-6-11-16-19-22-23-24-25-26-29-36-52-66-59(65)46-32-35-47-60(50-51-62)48-39-49-61(55(40-30-27-20-17-12-7-2)42-33-37-53-67-57(63)44-14-9-4)56(41-31-28-21-18-13-8-3)43-34-38-54-68-58(64)45-15-10-5/h55-56,62H,6-54H2,1-5H3. The van der Waals surface area contributed by atoms with Crippen LogP contribution in [0.1, 0.15) is 298 Å². The zero-order chi connectivity index (χ0) is 49.8. The van der Waals surface area contributed by atoms with E-state index in [9.17, 15) is 19.5 Å². The van der Waals surface area contributed by atoms with Gasteiger partial charge >= 0.3 is 17.9 Å². The maximum Gasteiger partial charge on any atom is 0.305 e. The van der Waals surface area contributed by atoms with Crippen molar-refractivity contribution in [2.24, 2.45) is 0 Å². The first-order chi connectivity index (χ1) is 33.4. The molecule has 2 unspecified atom stereocenters. The zero-order valence-electron chi connectivity index (χ0n) is 46.1. The highest BCUT2D eigenvalue weighted by Gasteiger charge is 2.26. The van der Waals surface area contributed by atoms with Crippen LogP contribution < -0.4 is 0 Å². The number of hydrogen-bond donors (Lipinski definition) is 1. The van der Waals surface area contributed by atoms with E-state index in [4.69, 9.17) is 14.2 Å². The van der Waals surface area contributed by atoms with Gasteiger partial charge in [0.05, 0.1) is 26.4 Å². The van der Waals surface area contributed by atoms with Crippen LogP contribution >= 0.6 is 0 Å². The van der Waals surface area contributed by atoms with Crippen LogP contribution in [0.5, 0.6) is 0 Å². The highest BCUT2D eigenvalue weighted by atomic mass is 16.5. The van der Waals surface area contributed by atoms with Gasteiger partial charge in [-0.05, 0) is 110 Å². The van der Waals surface area contributed by atoms with Gasteiger partial charge in [0.25, 0.3) is 0 Å². The van der Waals surface area contributed by atoms with E-state index < -0.39 is 0 Å². The number of rotatable bonds is 55. The van der Waals surface area contributed by atoms with Gasteiger partial charge in [-0.1, -0.05) is 189 Å². The average molecular weight is 966 g/mol. The molecule has 0 spiro atoms. The van der Waals surface area contributed by atoms with Crippen molar-refractivity contribution in [3.05, 3.63) is 0 Å². The van der Waals surface area contributed by atoms with E-state index in [0.717, 1.165) is 116 Å². The third-order valence-corrected chi connectivity index (χ3v) is 14.0. The summed E-state index contributed by atoms with van der Waals surface area (Å²) in [5.74, 6) is -0.192. The molecule has 0 amide bonds. The number of hydrogen-bond acceptors (Lipinski definition) is 9. The number of nitrogens with zero attached hydrogens (tertiary/aromatic N) is 2. The van der Waals surface area contributed by atoms with Crippen LogP contribution in [-0.2, 0) is 28.6 Å². The van der Waals surface area contributed by atoms with Gasteiger partial charge in [0.15, 0.2) is 0 Å². The summed E-state index contributed by atoms with van der Waals surface area (Å²) in [5.41, 5.74) is 0. The van der Waals surface area contributed by atoms with E-state index in [1.54, 1.807) is 0 Å². The van der Waals surface area contributed by atoms with Crippen molar-refractivity contribution < 1.29 is 33.7 Å². The van der Waals surface area contributed by atoms with Crippen LogP contribution in [0.4, 0.5) is 0 Å². The lowest BCUT2D eigenvalue weighted by atomic mass is 9.94. The summed E-state index contributed by atoms with van der Waals surface area (Å²) in [6, 6.07) is 0.938. The molecule has 9 nitrogen and oxygen atoms in total. The molecule has 0 aromatic rings. The molecular formula is C59H116N2O7. The Morgan fingerprint density at radius 3 is 1.03 bits per heavy atom. The minimum absolute atomic E-state index is 0.0608. The van der Waals surface area contributed by atoms with Crippen LogP contribution in [0.3, 0.4) is 0 Å². The van der Waals surface area contributed by atoms with Crippen LogP contribution in [0.2, 0.25) is 0 Å². The molecule has 0 aromatic carbocycles. The Hall–Kier alpha value is -1.71. The third-order valence-electron chi connectivity index (χ3n) is 14.0. The molecule has 68 heavy (non-hydrogen) atoms. The van der Waals surface area contributed by atoms with E-state index >= 15 is 0 Å². The quantitative estimate of drug-likeness (QED) is 0.0362. The lowest BCUT2D eigenvalue weighted by Crippen LogP contribution is -2.45. The summed E-state index contributed by atoms with van der Waals surface area (Å²) in [6.45, 7) is 16.2. The van der Waals surface area contributed by atoms with Crippen molar-refractivity contribution in [2.75, 3.05) is 52.6 Å². The van der Waals surface area contributed by atoms with E-state index in [1.807, 2.05) is 0 Å². The minimum Gasteiger partial charge on any atom is -0.466 e. The summed E-state index contributed by atoms with van der Waals surface area (Å²) in [6.07, 6.45) is 46.2. The molecule has 0 saturated heterocycles. The fourth-order valence-corrected chi connectivity index (χ4v) is 9.64. The second kappa shape index (κ2) is 53.1. The van der Waals surface area contributed by atoms with Crippen molar-refractivity contribution >= 4 is 17.9 Å². The number of ether oxygens (including phenoxy) is 3. The normalized spacial score (nSPS) is 12.5. The predicted octanol–water partition coefficient (Wildman–Crippen LogP) is 16.0. The summed E-state index contributed by atoms with van der Waals surface area (Å²) < 4.78 is 16.9. The maximum atomic E-state index is 12.6. The van der Waals surface area contributed by atoms with Gasteiger partial charge in [0.1, 0.15) is 0 Å². The molecule has 0 saturated carbocycles. The smallest absolute Gasteiger partial charge is 0.305 e. The van der Waals surface area contributed by atoms with Crippen molar-refractivity contribution in [3.8, 4) is 0 Å². The molecule has 0 bridgehead atoms. The monoisotopic (exact) mass is 965 g/mol. The van der Waals surface area contributed by atoms with E-state index in [1.165, 1.54) is 148 Å². The minimum atomic E-state index is -0.0708. The van der Waals surface area contributed by atoms with E-state index in [2.05, 4.69) is 44.4 Å². The van der Waals surface area contributed by atoms with Gasteiger partial charge < -0.3 is 24.2 Å². The summed E-state index contributed by atoms with van der Waals surface area (Å²) in [7, 11) is 0. The molecular weight excluding hydrogens is 849 g/mol. The lowest BCUT2D eigenvalue weighted by molar-refractivity contribution is -0.144. The van der Waals surface area contributed by atoms with Crippen LogP contribution in [0.15, 0.2) is 0 Å². The lowest BCUT2D eigenvalue weighted by Gasteiger charge is -2.40. The molecule has 0 fully saturated rings. The maximum absolute atomic E-state index is 12.6. The fraction of sp³-hybridized carbons (Fsp3) is 0.949. The SMILES string of the molecule is CCCCCCCCCCCCCOC(=O)CCCCN(CCO)CCCN(C(CCCCCCCC)CCCCOC(=O)CCCC)C(CCCCCCCC)CCCCOC(=O)CCCC. The van der Waals surface area contributed by atoms with Gasteiger partial charge in [0.2, 0.25) is 0 Å². The second-order valence-corrected chi connectivity index (χ2v) is 20.4. The Morgan fingerprint density at radius 1 is 0.338 bits per heavy atom. The first-order valence-corrected chi connectivity index (χ1v) is 29.9. The Kier molecular flexibility index (Phi) is 51.8. The Morgan fingerprint density at radius 2 is 0.647 bits per heavy atom. The van der Waals surface area contributed by atoms with Crippen molar-refractivity contribution in [3.63, 3.8) is 0 Å². The Labute approximate surface area is 422 Å². The number of carbonyl (C=O) groups excluding carboxylic acids is 3. The van der Waals surface area contributed by atoms with Crippen LogP contribution in [0, 0.1) is 0 Å². The third kappa shape index (κ3) is 44.2. The molecule has 404 valence electrons. The molecule has 0 radical (unpaired) electrons. The second-order valence-electron chi connectivity index (χ2n) is 20.4. The summed E-state index contributed by atoms with van der Waals surface area (Å²) in [4.78, 5) is 42.5. The van der Waals surface area contributed by atoms with Gasteiger partial charge in [-0.2, -0.15) is 0 Å². The Bertz CT molecular complexity index is 1030. The van der Waals surface area contributed by atoms with Crippen molar-refractivity contribution in [1.29, 1.82) is 0 Å². The first kappa shape index (κ1) is 66.3. The average Bonchev–Trinajstić information content (AvgIpc) is 3.34. The molecule has 0 aliphatic rings. The molecule has 0 heterocycles. The van der Waals surface area contributed by atoms with Gasteiger partial charge in [-0.15, -0.1) is 0 Å². The molecule has 0 rings (SSSR count). The number of unbranched alkanes of at least 4 members (excludes halogenated alkanes) is 25. The van der Waals surface area contributed by atoms with Gasteiger partial charge in [-0.25, -0.2) is 0 Å². The molecule has 0 aliphatic carbocycles. The van der Waals surface area contributed by atoms with Gasteiger partial charge in [-0.3, -0.25) is 19.3 Å². The van der Waals surface area contributed by atoms with Crippen molar-refractivity contribution in [2.45, 2.75) is 310 Å². The van der Waals surface area contributed by atoms with Crippen LogP contribution in [0.25, 0.3) is 0 Å². The Balaban J connectivity index is 5.69. The number of carbonyl (C=O) groups is 3. The molecule has 2 atom stereocenters. The number of aliphatic hydroxyl groups excluding tert-OH is 1. The molecule has 9 heteroatoms. The van der Waals surface area contributed by atoms with E-state index in [0.29, 0.717) is 57.7 Å².